The maximum absolute atomic E-state index is 4.84. The summed E-state index contributed by atoms with van der Waals surface area (Å²) in [7, 11) is 0. The maximum Gasteiger partial charge on any atom is 0.170 e. The second kappa shape index (κ2) is 5.78. The fraction of sp³-hybridized carbons (Fsp3) is 0.158. The standard InChI is InChI=1S/C19H16BrN3/c1-13-18(20)19-21-16(14-8-4-2-5-9-14)12-17(23(19)22-13)15-10-6-3-7-11-15/h3-4,6-12H,2,5H2,1H3. The van der Waals surface area contributed by atoms with Gasteiger partial charge in [-0.15, -0.1) is 0 Å². The molecule has 0 saturated heterocycles. The Hall–Kier alpha value is -2.20. The average molecular weight is 366 g/mol. The highest BCUT2D eigenvalue weighted by Gasteiger charge is 2.15. The molecule has 1 aliphatic carbocycles. The van der Waals surface area contributed by atoms with Gasteiger partial charge in [-0.3, -0.25) is 0 Å². The number of hydrogen-bond donors (Lipinski definition) is 0. The van der Waals surface area contributed by atoms with Crippen LogP contribution in [0.5, 0.6) is 0 Å². The molecule has 0 amide bonds. The normalized spacial score (nSPS) is 14.3. The van der Waals surface area contributed by atoms with Gasteiger partial charge in [0.15, 0.2) is 5.65 Å². The molecule has 0 aliphatic heterocycles. The van der Waals surface area contributed by atoms with Gasteiger partial charge in [0.05, 0.1) is 21.6 Å². The molecule has 2 aromatic heterocycles. The van der Waals surface area contributed by atoms with E-state index in [0.29, 0.717) is 0 Å². The molecule has 4 rings (SSSR count). The van der Waals surface area contributed by atoms with Crippen molar-refractivity contribution in [3.63, 3.8) is 0 Å². The molecule has 2 heterocycles. The fourth-order valence-electron chi connectivity index (χ4n) is 2.86. The van der Waals surface area contributed by atoms with Crippen molar-refractivity contribution in [2.75, 3.05) is 0 Å². The largest absolute Gasteiger partial charge is 0.227 e. The van der Waals surface area contributed by atoms with Crippen LogP contribution in [0.4, 0.5) is 0 Å². The monoisotopic (exact) mass is 365 g/mol. The van der Waals surface area contributed by atoms with Crippen LogP contribution in [0.1, 0.15) is 24.2 Å². The van der Waals surface area contributed by atoms with Crippen molar-refractivity contribution in [2.45, 2.75) is 19.8 Å². The van der Waals surface area contributed by atoms with Crippen LogP contribution in [0.25, 0.3) is 22.5 Å². The third kappa shape index (κ3) is 2.53. The van der Waals surface area contributed by atoms with E-state index in [9.17, 15) is 0 Å². The summed E-state index contributed by atoms with van der Waals surface area (Å²) in [5, 5.41) is 4.65. The number of halogens is 1. The van der Waals surface area contributed by atoms with Gasteiger partial charge in [0.1, 0.15) is 0 Å². The fourth-order valence-corrected chi connectivity index (χ4v) is 3.20. The average Bonchev–Trinajstić information content (AvgIpc) is 2.90. The Balaban J connectivity index is 2.01. The summed E-state index contributed by atoms with van der Waals surface area (Å²) in [6.45, 7) is 1.99. The smallest absolute Gasteiger partial charge is 0.170 e. The van der Waals surface area contributed by atoms with Gasteiger partial charge < -0.3 is 0 Å². The molecule has 0 fully saturated rings. The lowest BCUT2D eigenvalue weighted by molar-refractivity contribution is 0.921. The summed E-state index contributed by atoms with van der Waals surface area (Å²) < 4.78 is 2.88. The van der Waals surface area contributed by atoms with Crippen LogP contribution in [0.15, 0.2) is 59.1 Å². The predicted molar refractivity (Wildman–Crippen MR) is 97.2 cm³/mol. The van der Waals surface area contributed by atoms with E-state index in [1.807, 2.05) is 29.6 Å². The van der Waals surface area contributed by atoms with Gasteiger partial charge in [-0.25, -0.2) is 9.50 Å². The number of rotatable bonds is 2. The van der Waals surface area contributed by atoms with Crippen LogP contribution in [-0.4, -0.2) is 14.6 Å². The topological polar surface area (TPSA) is 30.2 Å². The minimum Gasteiger partial charge on any atom is -0.227 e. The number of aryl methyl sites for hydroxylation is 1. The first-order chi connectivity index (χ1) is 11.2. The lowest BCUT2D eigenvalue weighted by Crippen LogP contribution is -2.00. The zero-order valence-corrected chi connectivity index (χ0v) is 14.4. The summed E-state index contributed by atoms with van der Waals surface area (Å²) >= 11 is 3.63. The van der Waals surface area contributed by atoms with Crippen LogP contribution in [-0.2, 0) is 0 Å². The quantitative estimate of drug-likeness (QED) is 0.624. The van der Waals surface area contributed by atoms with Crippen molar-refractivity contribution in [1.82, 2.24) is 14.6 Å². The first-order valence-electron chi connectivity index (χ1n) is 7.72. The molecule has 0 radical (unpaired) electrons. The molecule has 1 aliphatic rings. The summed E-state index contributed by atoms with van der Waals surface area (Å²) in [6.07, 6.45) is 8.80. The SMILES string of the molecule is Cc1nn2c(-c3ccccc3)cc(C3=CCCC=C3)nc2c1Br. The molecule has 4 heteroatoms. The van der Waals surface area contributed by atoms with Crippen molar-refractivity contribution in [3.05, 3.63) is 70.5 Å². The molecular formula is C19H16BrN3. The molecule has 114 valence electrons. The van der Waals surface area contributed by atoms with E-state index in [1.165, 1.54) is 5.57 Å². The third-order valence-corrected chi connectivity index (χ3v) is 4.98. The van der Waals surface area contributed by atoms with Crippen LogP contribution < -0.4 is 0 Å². The second-order valence-corrected chi connectivity index (χ2v) is 6.46. The van der Waals surface area contributed by atoms with E-state index in [2.05, 4.69) is 57.5 Å². The minimum atomic E-state index is 0.860. The Labute approximate surface area is 143 Å². The number of benzene rings is 1. The van der Waals surface area contributed by atoms with Crippen molar-refractivity contribution >= 4 is 27.2 Å². The minimum absolute atomic E-state index is 0.860. The highest BCUT2D eigenvalue weighted by Crippen LogP contribution is 2.30. The maximum atomic E-state index is 4.84. The van der Waals surface area contributed by atoms with Gasteiger partial charge in [0.2, 0.25) is 0 Å². The van der Waals surface area contributed by atoms with Gasteiger partial charge in [-0.1, -0.05) is 48.6 Å². The second-order valence-electron chi connectivity index (χ2n) is 5.67. The van der Waals surface area contributed by atoms with E-state index in [0.717, 1.165) is 45.6 Å². The van der Waals surface area contributed by atoms with Crippen LogP contribution in [0.2, 0.25) is 0 Å². The van der Waals surface area contributed by atoms with E-state index in [-0.39, 0.29) is 0 Å². The highest BCUT2D eigenvalue weighted by atomic mass is 79.9. The van der Waals surface area contributed by atoms with Crippen LogP contribution in [0.3, 0.4) is 0 Å². The first-order valence-corrected chi connectivity index (χ1v) is 8.52. The van der Waals surface area contributed by atoms with Crippen molar-refractivity contribution in [2.24, 2.45) is 0 Å². The molecule has 0 bridgehead atoms. The van der Waals surface area contributed by atoms with Gasteiger partial charge in [-0.05, 0) is 47.3 Å². The molecule has 3 nitrogen and oxygen atoms in total. The molecule has 1 aromatic carbocycles. The van der Waals surface area contributed by atoms with Crippen LogP contribution >= 0.6 is 15.9 Å². The van der Waals surface area contributed by atoms with Crippen molar-refractivity contribution < 1.29 is 0 Å². The highest BCUT2D eigenvalue weighted by molar-refractivity contribution is 9.10. The number of nitrogens with zero attached hydrogens (tertiary/aromatic N) is 3. The van der Waals surface area contributed by atoms with E-state index < -0.39 is 0 Å². The Morgan fingerprint density at radius 1 is 1.13 bits per heavy atom. The molecule has 3 aromatic rings. The summed E-state index contributed by atoms with van der Waals surface area (Å²) in [4.78, 5) is 4.84. The summed E-state index contributed by atoms with van der Waals surface area (Å²) in [6, 6.07) is 12.5. The van der Waals surface area contributed by atoms with Gasteiger partial charge in [0.25, 0.3) is 0 Å². The molecule has 23 heavy (non-hydrogen) atoms. The van der Waals surface area contributed by atoms with E-state index in [4.69, 9.17) is 4.98 Å². The first kappa shape index (κ1) is 14.4. The Bertz CT molecular complexity index is 936. The molecule has 0 N–H and O–H groups in total. The number of fused-ring (bicyclic) bond motifs is 1. The Morgan fingerprint density at radius 3 is 2.70 bits per heavy atom. The van der Waals surface area contributed by atoms with Gasteiger partial charge in [-0.2, -0.15) is 5.10 Å². The van der Waals surface area contributed by atoms with E-state index >= 15 is 0 Å². The molecule has 0 unspecified atom stereocenters. The number of allylic oxidation sites excluding steroid dienone is 4. The molecule has 0 spiro atoms. The van der Waals surface area contributed by atoms with Gasteiger partial charge in [0, 0.05) is 5.56 Å². The number of aromatic nitrogens is 3. The zero-order chi connectivity index (χ0) is 15.8. The molecular weight excluding hydrogens is 350 g/mol. The predicted octanol–water partition coefficient (Wildman–Crippen LogP) is 5.20. The van der Waals surface area contributed by atoms with Crippen LogP contribution in [0, 0.1) is 6.92 Å². The van der Waals surface area contributed by atoms with Crippen molar-refractivity contribution in [1.29, 1.82) is 0 Å². The number of hydrogen-bond acceptors (Lipinski definition) is 2. The Morgan fingerprint density at radius 2 is 1.96 bits per heavy atom. The van der Waals surface area contributed by atoms with E-state index in [1.54, 1.807) is 0 Å². The zero-order valence-electron chi connectivity index (χ0n) is 12.8. The lowest BCUT2D eigenvalue weighted by atomic mass is 10.0. The summed E-state index contributed by atoms with van der Waals surface area (Å²) in [5.41, 5.74) is 6.17. The summed E-state index contributed by atoms with van der Waals surface area (Å²) in [5.74, 6) is 0. The van der Waals surface area contributed by atoms with Gasteiger partial charge >= 0.3 is 0 Å². The molecule has 0 atom stereocenters. The lowest BCUT2D eigenvalue weighted by Gasteiger charge is -2.11. The Kier molecular flexibility index (Phi) is 3.62. The molecule has 0 saturated carbocycles. The van der Waals surface area contributed by atoms with Crippen molar-refractivity contribution in [3.8, 4) is 11.3 Å². The third-order valence-electron chi connectivity index (χ3n) is 4.05.